The molecule has 2 rings (SSSR count). The molecule has 0 spiro atoms. The largest absolute Gasteiger partial charge is 0.484 e. The van der Waals surface area contributed by atoms with Crippen molar-refractivity contribution < 1.29 is 9.13 Å². The molecule has 4 heteroatoms. The fraction of sp³-hybridized carbons (Fsp3) is 0.143. The van der Waals surface area contributed by atoms with Crippen LogP contribution in [0.1, 0.15) is 11.7 Å². The lowest BCUT2D eigenvalue weighted by molar-refractivity contribution is 0.213. The molecule has 0 radical (unpaired) electrons. The maximum atomic E-state index is 13.1. The van der Waals surface area contributed by atoms with E-state index in [1.165, 1.54) is 12.1 Å². The van der Waals surface area contributed by atoms with Crippen LogP contribution in [0.25, 0.3) is 0 Å². The highest BCUT2D eigenvalue weighted by molar-refractivity contribution is 6.31. The standard InChI is InChI=1S/C14H13ClFNO/c15-13-7-2-1-6-12(13)14(9-17)18-11-5-3-4-10(16)8-11/h1-8,14H,9,17H2. The second-order valence-electron chi connectivity index (χ2n) is 3.82. The molecule has 1 atom stereocenters. The third-order valence-electron chi connectivity index (χ3n) is 2.54. The van der Waals surface area contributed by atoms with Crippen LogP contribution in [0.3, 0.4) is 0 Å². The topological polar surface area (TPSA) is 35.2 Å². The SMILES string of the molecule is NCC(Oc1cccc(F)c1)c1ccccc1Cl. The Balaban J connectivity index is 2.23. The van der Waals surface area contributed by atoms with Crippen molar-refractivity contribution in [1.82, 2.24) is 0 Å². The first kappa shape index (κ1) is 12.9. The quantitative estimate of drug-likeness (QED) is 0.917. The van der Waals surface area contributed by atoms with Crippen molar-refractivity contribution in [3.05, 3.63) is 64.9 Å². The summed E-state index contributed by atoms with van der Waals surface area (Å²) in [5.74, 6) is 0.0906. The molecule has 2 nitrogen and oxygen atoms in total. The van der Waals surface area contributed by atoms with Gasteiger partial charge < -0.3 is 10.5 Å². The van der Waals surface area contributed by atoms with E-state index in [0.29, 0.717) is 10.8 Å². The van der Waals surface area contributed by atoms with E-state index in [4.69, 9.17) is 22.1 Å². The minimum atomic E-state index is -0.388. The van der Waals surface area contributed by atoms with E-state index in [-0.39, 0.29) is 18.5 Å². The lowest BCUT2D eigenvalue weighted by atomic mass is 10.1. The van der Waals surface area contributed by atoms with Gasteiger partial charge in [-0.15, -0.1) is 0 Å². The van der Waals surface area contributed by atoms with Crippen molar-refractivity contribution in [2.45, 2.75) is 6.10 Å². The van der Waals surface area contributed by atoms with Crippen molar-refractivity contribution in [2.75, 3.05) is 6.54 Å². The lowest BCUT2D eigenvalue weighted by Gasteiger charge is -2.18. The fourth-order valence-electron chi connectivity index (χ4n) is 1.68. The third-order valence-corrected chi connectivity index (χ3v) is 2.88. The first-order valence-corrected chi connectivity index (χ1v) is 5.95. The van der Waals surface area contributed by atoms with Gasteiger partial charge in [-0.05, 0) is 18.2 Å². The molecular weight excluding hydrogens is 253 g/mol. The second-order valence-corrected chi connectivity index (χ2v) is 4.23. The van der Waals surface area contributed by atoms with Gasteiger partial charge in [0.25, 0.3) is 0 Å². The first-order chi connectivity index (χ1) is 8.70. The molecule has 18 heavy (non-hydrogen) atoms. The second kappa shape index (κ2) is 5.85. The highest BCUT2D eigenvalue weighted by Gasteiger charge is 2.14. The minimum Gasteiger partial charge on any atom is -0.484 e. The third kappa shape index (κ3) is 3.00. The van der Waals surface area contributed by atoms with Gasteiger partial charge in [0.1, 0.15) is 17.7 Å². The Labute approximate surface area is 110 Å². The molecule has 0 fully saturated rings. The Morgan fingerprint density at radius 3 is 2.61 bits per heavy atom. The first-order valence-electron chi connectivity index (χ1n) is 5.57. The molecule has 0 heterocycles. The van der Waals surface area contributed by atoms with Gasteiger partial charge >= 0.3 is 0 Å². The Morgan fingerprint density at radius 1 is 1.17 bits per heavy atom. The van der Waals surface area contributed by atoms with E-state index in [1.807, 2.05) is 18.2 Å². The van der Waals surface area contributed by atoms with Crippen LogP contribution >= 0.6 is 11.6 Å². The number of ether oxygens (including phenoxy) is 1. The number of hydrogen-bond donors (Lipinski definition) is 1. The van der Waals surface area contributed by atoms with Crippen LogP contribution in [-0.4, -0.2) is 6.54 Å². The summed E-state index contributed by atoms with van der Waals surface area (Å²) < 4.78 is 18.7. The molecule has 2 aromatic rings. The Kier molecular flexibility index (Phi) is 4.18. The molecule has 0 aliphatic heterocycles. The average molecular weight is 266 g/mol. The van der Waals surface area contributed by atoms with E-state index in [1.54, 1.807) is 18.2 Å². The lowest BCUT2D eigenvalue weighted by Crippen LogP contribution is -2.18. The zero-order valence-electron chi connectivity index (χ0n) is 9.64. The molecule has 94 valence electrons. The number of rotatable bonds is 4. The minimum absolute atomic E-state index is 0.264. The van der Waals surface area contributed by atoms with Gasteiger partial charge in [-0.1, -0.05) is 35.9 Å². The molecular formula is C14H13ClFNO. The maximum absolute atomic E-state index is 13.1. The summed E-state index contributed by atoms with van der Waals surface area (Å²) in [6.07, 6.45) is -0.388. The zero-order chi connectivity index (χ0) is 13.0. The van der Waals surface area contributed by atoms with Crippen LogP contribution in [0.5, 0.6) is 5.75 Å². The summed E-state index contributed by atoms with van der Waals surface area (Å²) in [6, 6.07) is 13.3. The Hall–Kier alpha value is -1.58. The highest BCUT2D eigenvalue weighted by atomic mass is 35.5. The summed E-state index contributed by atoms with van der Waals surface area (Å²) >= 11 is 6.09. The van der Waals surface area contributed by atoms with Gasteiger partial charge in [-0.3, -0.25) is 0 Å². The molecule has 0 saturated carbocycles. The van der Waals surface area contributed by atoms with Gasteiger partial charge in [-0.25, -0.2) is 4.39 Å². The van der Waals surface area contributed by atoms with Gasteiger partial charge in [0.15, 0.2) is 0 Å². The average Bonchev–Trinajstić information content (AvgIpc) is 2.37. The molecule has 0 aliphatic rings. The Morgan fingerprint density at radius 2 is 1.94 bits per heavy atom. The van der Waals surface area contributed by atoms with Gasteiger partial charge in [0.05, 0.1) is 0 Å². The van der Waals surface area contributed by atoms with Crippen molar-refractivity contribution >= 4 is 11.6 Å². The van der Waals surface area contributed by atoms with Crippen LogP contribution in [0.15, 0.2) is 48.5 Å². The predicted octanol–water partition coefficient (Wildman–Crippen LogP) is 3.56. The molecule has 0 amide bonds. The number of benzene rings is 2. The molecule has 1 unspecified atom stereocenters. The smallest absolute Gasteiger partial charge is 0.137 e. The molecule has 2 aromatic carbocycles. The number of hydrogen-bond acceptors (Lipinski definition) is 2. The number of halogens is 2. The van der Waals surface area contributed by atoms with Crippen molar-refractivity contribution in [2.24, 2.45) is 5.73 Å². The van der Waals surface area contributed by atoms with Crippen LogP contribution in [0.2, 0.25) is 5.02 Å². The zero-order valence-corrected chi connectivity index (χ0v) is 10.4. The van der Waals surface area contributed by atoms with Gasteiger partial charge in [0, 0.05) is 23.2 Å². The Bertz CT molecular complexity index is 533. The van der Waals surface area contributed by atoms with Crippen LogP contribution in [-0.2, 0) is 0 Å². The van der Waals surface area contributed by atoms with Gasteiger partial charge in [0.2, 0.25) is 0 Å². The maximum Gasteiger partial charge on any atom is 0.137 e. The van der Waals surface area contributed by atoms with E-state index >= 15 is 0 Å². The van der Waals surface area contributed by atoms with Crippen LogP contribution in [0.4, 0.5) is 4.39 Å². The normalized spacial score (nSPS) is 12.2. The predicted molar refractivity (Wildman–Crippen MR) is 70.3 cm³/mol. The fourth-order valence-corrected chi connectivity index (χ4v) is 1.94. The molecule has 0 saturated heterocycles. The molecule has 0 bridgehead atoms. The van der Waals surface area contributed by atoms with Crippen molar-refractivity contribution in [3.63, 3.8) is 0 Å². The summed E-state index contributed by atoms with van der Waals surface area (Å²) in [6.45, 7) is 0.264. The summed E-state index contributed by atoms with van der Waals surface area (Å²) in [7, 11) is 0. The summed E-state index contributed by atoms with van der Waals surface area (Å²) in [4.78, 5) is 0. The van der Waals surface area contributed by atoms with E-state index in [9.17, 15) is 4.39 Å². The van der Waals surface area contributed by atoms with E-state index in [2.05, 4.69) is 0 Å². The number of nitrogens with two attached hydrogens (primary N) is 1. The van der Waals surface area contributed by atoms with Crippen molar-refractivity contribution in [3.8, 4) is 5.75 Å². The van der Waals surface area contributed by atoms with Gasteiger partial charge in [-0.2, -0.15) is 0 Å². The highest BCUT2D eigenvalue weighted by Crippen LogP contribution is 2.27. The molecule has 0 aliphatic carbocycles. The molecule has 0 aromatic heterocycles. The van der Waals surface area contributed by atoms with Crippen molar-refractivity contribution in [1.29, 1.82) is 0 Å². The van der Waals surface area contributed by atoms with Crippen LogP contribution in [0, 0.1) is 5.82 Å². The van der Waals surface area contributed by atoms with Crippen LogP contribution < -0.4 is 10.5 Å². The van der Waals surface area contributed by atoms with E-state index < -0.39 is 0 Å². The summed E-state index contributed by atoms with van der Waals surface area (Å²) in [5.41, 5.74) is 6.48. The molecule has 2 N–H and O–H groups in total. The monoisotopic (exact) mass is 265 g/mol. The van der Waals surface area contributed by atoms with E-state index in [0.717, 1.165) is 5.56 Å². The summed E-state index contributed by atoms with van der Waals surface area (Å²) in [5, 5.41) is 0.587.